The van der Waals surface area contributed by atoms with Crippen molar-refractivity contribution in [2.24, 2.45) is 4.99 Å². The molecule has 0 saturated carbocycles. The van der Waals surface area contributed by atoms with Crippen LogP contribution in [0.15, 0.2) is 87.8 Å². The van der Waals surface area contributed by atoms with Gasteiger partial charge in [-0.05, 0) is 74.4 Å². The van der Waals surface area contributed by atoms with Gasteiger partial charge < -0.3 is 28.4 Å². The number of esters is 1. The molecule has 1 aromatic heterocycles. The van der Waals surface area contributed by atoms with E-state index in [1.807, 2.05) is 55.5 Å². The summed E-state index contributed by atoms with van der Waals surface area (Å²) in [5.74, 6) is 2.53. The maximum absolute atomic E-state index is 14.0. The maximum atomic E-state index is 14.0. The standard InChI is InChI=1S/C35H36N2O8S/c1-6-42-29-20-23(12-17-28(29)45-19-18-44-27-11-9-8-10-26(27)41-5)21-30-33(38)37-32(24-13-15-25(40-4)16-14-24)31(34(39)43-7-2)22(3)36-35(37)46-30/h8-17,20-21,32H,6-7,18-19H2,1-5H3/b30-21+/t32-/m0/s1. The number of allylic oxidation sites excluding steroid dienone is 1. The monoisotopic (exact) mass is 644 g/mol. The summed E-state index contributed by atoms with van der Waals surface area (Å²) in [7, 11) is 3.18. The lowest BCUT2D eigenvalue weighted by Gasteiger charge is -2.24. The Morgan fingerprint density at radius 2 is 1.57 bits per heavy atom. The molecule has 4 aromatic rings. The van der Waals surface area contributed by atoms with Gasteiger partial charge in [-0.1, -0.05) is 41.7 Å². The van der Waals surface area contributed by atoms with Crippen LogP contribution in [0.5, 0.6) is 28.7 Å². The van der Waals surface area contributed by atoms with Crippen molar-refractivity contribution in [2.75, 3.05) is 40.6 Å². The predicted molar refractivity (Wildman–Crippen MR) is 175 cm³/mol. The van der Waals surface area contributed by atoms with Crippen LogP contribution in [0.2, 0.25) is 0 Å². The number of thiazole rings is 1. The van der Waals surface area contributed by atoms with Crippen molar-refractivity contribution in [3.05, 3.63) is 109 Å². The van der Waals surface area contributed by atoms with E-state index in [-0.39, 0.29) is 18.8 Å². The lowest BCUT2D eigenvalue weighted by Crippen LogP contribution is -2.39. The maximum Gasteiger partial charge on any atom is 0.338 e. The lowest BCUT2D eigenvalue weighted by molar-refractivity contribution is -0.139. The fraction of sp³-hybridized carbons (Fsp3) is 0.286. The molecule has 0 bridgehead atoms. The van der Waals surface area contributed by atoms with Gasteiger partial charge in [0, 0.05) is 0 Å². The van der Waals surface area contributed by atoms with Crippen molar-refractivity contribution in [3.8, 4) is 28.7 Å². The van der Waals surface area contributed by atoms with E-state index < -0.39 is 12.0 Å². The zero-order valence-electron chi connectivity index (χ0n) is 26.4. The Kier molecular flexibility index (Phi) is 10.4. The first-order valence-electron chi connectivity index (χ1n) is 14.9. The molecule has 11 heteroatoms. The first kappa shape index (κ1) is 32.4. The molecular formula is C35H36N2O8S. The molecule has 0 radical (unpaired) electrons. The Hall–Kier alpha value is -5.03. The normalized spacial score (nSPS) is 14.3. The van der Waals surface area contributed by atoms with Crippen LogP contribution in [0.25, 0.3) is 6.08 Å². The summed E-state index contributed by atoms with van der Waals surface area (Å²) in [4.78, 5) is 32.3. The molecule has 1 aliphatic rings. The fourth-order valence-electron chi connectivity index (χ4n) is 5.09. The minimum atomic E-state index is -0.712. The Labute approximate surface area is 270 Å². The van der Waals surface area contributed by atoms with Crippen LogP contribution in [0.3, 0.4) is 0 Å². The summed E-state index contributed by atoms with van der Waals surface area (Å²) in [5, 5.41) is 0. The van der Waals surface area contributed by atoms with E-state index in [9.17, 15) is 9.59 Å². The molecule has 10 nitrogen and oxygen atoms in total. The molecule has 0 amide bonds. The highest BCUT2D eigenvalue weighted by molar-refractivity contribution is 7.07. The third kappa shape index (κ3) is 6.94. The van der Waals surface area contributed by atoms with Crippen LogP contribution in [0, 0.1) is 0 Å². The van der Waals surface area contributed by atoms with E-state index in [0.717, 1.165) is 11.1 Å². The second-order valence-corrected chi connectivity index (χ2v) is 11.1. The number of rotatable bonds is 13. The first-order valence-corrected chi connectivity index (χ1v) is 15.7. The highest BCUT2D eigenvalue weighted by Gasteiger charge is 2.33. The van der Waals surface area contributed by atoms with E-state index in [2.05, 4.69) is 4.99 Å². The van der Waals surface area contributed by atoms with Crippen LogP contribution < -0.4 is 38.6 Å². The van der Waals surface area contributed by atoms with Gasteiger partial charge in [-0.25, -0.2) is 9.79 Å². The Bertz CT molecular complexity index is 1910. The van der Waals surface area contributed by atoms with E-state index in [4.69, 9.17) is 28.4 Å². The molecule has 2 heterocycles. The first-order chi connectivity index (χ1) is 22.4. The molecular weight excluding hydrogens is 608 g/mol. The van der Waals surface area contributed by atoms with E-state index in [1.54, 1.807) is 56.9 Å². The fourth-order valence-corrected chi connectivity index (χ4v) is 6.13. The van der Waals surface area contributed by atoms with Gasteiger partial charge in [0.1, 0.15) is 19.0 Å². The van der Waals surface area contributed by atoms with Gasteiger partial charge in [-0.3, -0.25) is 9.36 Å². The molecule has 0 fully saturated rings. The third-order valence-corrected chi connectivity index (χ3v) is 8.16. The number of fused-ring (bicyclic) bond motifs is 1. The van der Waals surface area contributed by atoms with Crippen molar-refractivity contribution in [3.63, 3.8) is 0 Å². The van der Waals surface area contributed by atoms with Gasteiger partial charge in [0.25, 0.3) is 5.56 Å². The van der Waals surface area contributed by atoms with E-state index in [1.165, 1.54) is 11.3 Å². The average molecular weight is 645 g/mol. The number of benzene rings is 3. The average Bonchev–Trinajstić information content (AvgIpc) is 3.37. The van der Waals surface area contributed by atoms with E-state index in [0.29, 0.717) is 62.6 Å². The second kappa shape index (κ2) is 14.8. The van der Waals surface area contributed by atoms with Crippen LogP contribution >= 0.6 is 11.3 Å². The van der Waals surface area contributed by atoms with Gasteiger partial charge >= 0.3 is 5.97 Å². The van der Waals surface area contributed by atoms with Crippen molar-refractivity contribution < 1.29 is 33.2 Å². The molecule has 0 unspecified atom stereocenters. The largest absolute Gasteiger partial charge is 0.497 e. The molecule has 1 atom stereocenters. The molecule has 1 aliphatic heterocycles. The van der Waals surface area contributed by atoms with Crippen LogP contribution in [-0.2, 0) is 9.53 Å². The lowest BCUT2D eigenvalue weighted by atomic mass is 9.96. The van der Waals surface area contributed by atoms with Crippen molar-refractivity contribution in [2.45, 2.75) is 26.8 Å². The topological polar surface area (TPSA) is 107 Å². The number of hydrogen-bond donors (Lipinski definition) is 0. The summed E-state index contributed by atoms with van der Waals surface area (Å²) in [6.07, 6.45) is 1.79. The van der Waals surface area contributed by atoms with Crippen molar-refractivity contribution in [1.29, 1.82) is 0 Å². The zero-order valence-corrected chi connectivity index (χ0v) is 27.2. The summed E-state index contributed by atoms with van der Waals surface area (Å²) in [6.45, 7) is 6.61. The quantitative estimate of drug-likeness (QED) is 0.153. The number of nitrogens with zero attached hydrogens (tertiary/aromatic N) is 2. The van der Waals surface area contributed by atoms with Crippen molar-refractivity contribution in [1.82, 2.24) is 4.57 Å². The number of aromatic nitrogens is 1. The minimum Gasteiger partial charge on any atom is -0.497 e. The Morgan fingerprint density at radius 1 is 0.870 bits per heavy atom. The SMILES string of the molecule is CCOC(=O)C1=C(C)N=c2s/c(=C/c3ccc(OCCOc4ccccc4OC)c(OCC)c3)c(=O)n2[C@H]1c1ccc(OC)cc1. The predicted octanol–water partition coefficient (Wildman–Crippen LogP) is 4.67. The number of methoxy groups -OCH3 is 2. The Balaban J connectivity index is 1.45. The van der Waals surface area contributed by atoms with Crippen LogP contribution in [0.1, 0.15) is 37.9 Å². The number of hydrogen-bond acceptors (Lipinski definition) is 10. The molecule has 0 N–H and O–H groups in total. The summed E-state index contributed by atoms with van der Waals surface area (Å²) < 4.78 is 35.7. The van der Waals surface area contributed by atoms with Gasteiger partial charge in [-0.2, -0.15) is 0 Å². The summed E-state index contributed by atoms with van der Waals surface area (Å²) in [6, 6.07) is 19.5. The molecule has 0 aliphatic carbocycles. The molecule has 3 aromatic carbocycles. The van der Waals surface area contributed by atoms with Gasteiger partial charge in [-0.15, -0.1) is 0 Å². The van der Waals surface area contributed by atoms with Crippen LogP contribution in [-0.4, -0.2) is 51.2 Å². The molecule has 46 heavy (non-hydrogen) atoms. The number of carbonyl (C=O) groups excluding carboxylic acids is 1. The number of ether oxygens (including phenoxy) is 6. The summed E-state index contributed by atoms with van der Waals surface area (Å²) >= 11 is 1.25. The second-order valence-electron chi connectivity index (χ2n) is 10.1. The molecule has 5 rings (SSSR count). The molecule has 240 valence electrons. The smallest absolute Gasteiger partial charge is 0.338 e. The van der Waals surface area contributed by atoms with Gasteiger partial charge in [0.15, 0.2) is 27.8 Å². The number of para-hydroxylation sites is 2. The molecule has 0 spiro atoms. The highest BCUT2D eigenvalue weighted by atomic mass is 32.1. The van der Waals surface area contributed by atoms with Gasteiger partial charge in [0.05, 0.1) is 49.3 Å². The third-order valence-electron chi connectivity index (χ3n) is 7.18. The summed E-state index contributed by atoms with van der Waals surface area (Å²) in [5.41, 5.74) is 2.03. The van der Waals surface area contributed by atoms with Gasteiger partial charge in [0.2, 0.25) is 0 Å². The molecule has 0 saturated heterocycles. The Morgan fingerprint density at radius 3 is 2.22 bits per heavy atom. The van der Waals surface area contributed by atoms with E-state index >= 15 is 0 Å². The minimum absolute atomic E-state index is 0.200. The number of carbonyl (C=O) groups is 1. The zero-order chi connectivity index (χ0) is 32.6. The van der Waals surface area contributed by atoms with Crippen LogP contribution in [0.4, 0.5) is 0 Å². The highest BCUT2D eigenvalue weighted by Crippen LogP contribution is 2.32. The van der Waals surface area contributed by atoms with Crippen molar-refractivity contribution >= 4 is 23.4 Å².